The van der Waals surface area contributed by atoms with Gasteiger partial charge in [-0.1, -0.05) is 49.4 Å². The van der Waals surface area contributed by atoms with E-state index in [1.54, 1.807) is 17.0 Å². The van der Waals surface area contributed by atoms with Crippen LogP contribution >= 0.6 is 0 Å². The molecule has 6 nitrogen and oxygen atoms in total. The van der Waals surface area contributed by atoms with Gasteiger partial charge in [0.25, 0.3) is 5.91 Å². The zero-order valence-corrected chi connectivity index (χ0v) is 16.7. The van der Waals surface area contributed by atoms with Crippen LogP contribution in [-0.4, -0.2) is 39.2 Å². The summed E-state index contributed by atoms with van der Waals surface area (Å²) in [5.74, 6) is -1.45. The SMILES string of the molecule is CCCN(CCC(c1ccccc1)c1ccc(F)cc1)C(=O)c1[nH]ncc(=O)c1O. The Hall–Kier alpha value is -3.48. The van der Waals surface area contributed by atoms with Gasteiger partial charge in [-0.25, -0.2) is 4.39 Å². The lowest BCUT2D eigenvalue weighted by atomic mass is 9.88. The Balaban J connectivity index is 1.86. The van der Waals surface area contributed by atoms with Gasteiger partial charge in [-0.2, -0.15) is 5.10 Å². The third-order valence-corrected chi connectivity index (χ3v) is 4.98. The maximum absolute atomic E-state index is 13.4. The zero-order chi connectivity index (χ0) is 21.5. The van der Waals surface area contributed by atoms with E-state index in [1.165, 1.54) is 12.1 Å². The number of rotatable bonds is 8. The minimum absolute atomic E-state index is 0.0412. The Labute approximate surface area is 174 Å². The highest BCUT2D eigenvalue weighted by molar-refractivity contribution is 5.94. The van der Waals surface area contributed by atoms with Crippen molar-refractivity contribution in [1.29, 1.82) is 0 Å². The van der Waals surface area contributed by atoms with Crippen LogP contribution in [0.2, 0.25) is 0 Å². The first kappa shape index (κ1) is 21.2. The minimum Gasteiger partial charge on any atom is -0.502 e. The lowest BCUT2D eigenvalue weighted by molar-refractivity contribution is 0.0741. The predicted molar refractivity (Wildman–Crippen MR) is 112 cm³/mol. The van der Waals surface area contributed by atoms with Crippen molar-refractivity contribution in [3.05, 3.63) is 93.7 Å². The topological polar surface area (TPSA) is 86.3 Å². The molecule has 30 heavy (non-hydrogen) atoms. The molecule has 3 rings (SSSR count). The quantitative estimate of drug-likeness (QED) is 0.594. The average molecular weight is 409 g/mol. The Kier molecular flexibility index (Phi) is 6.95. The average Bonchev–Trinajstić information content (AvgIpc) is 2.76. The fourth-order valence-electron chi connectivity index (χ4n) is 3.48. The molecule has 1 unspecified atom stereocenters. The minimum atomic E-state index is -0.706. The molecule has 0 saturated heterocycles. The van der Waals surface area contributed by atoms with Crippen molar-refractivity contribution >= 4 is 5.91 Å². The molecule has 0 saturated carbocycles. The van der Waals surface area contributed by atoms with Crippen LogP contribution in [0.25, 0.3) is 0 Å². The van der Waals surface area contributed by atoms with E-state index in [1.807, 2.05) is 37.3 Å². The highest BCUT2D eigenvalue weighted by atomic mass is 19.1. The summed E-state index contributed by atoms with van der Waals surface area (Å²) in [6.07, 6.45) is 2.23. The number of H-pyrrole nitrogens is 1. The molecule has 2 aromatic carbocycles. The largest absolute Gasteiger partial charge is 0.502 e. The van der Waals surface area contributed by atoms with Crippen LogP contribution < -0.4 is 5.43 Å². The summed E-state index contributed by atoms with van der Waals surface area (Å²) in [6, 6.07) is 16.2. The summed E-state index contributed by atoms with van der Waals surface area (Å²) in [5, 5.41) is 16.0. The fourth-order valence-corrected chi connectivity index (χ4v) is 3.48. The summed E-state index contributed by atoms with van der Waals surface area (Å²) in [5.41, 5.74) is 1.09. The van der Waals surface area contributed by atoms with Gasteiger partial charge in [0.15, 0.2) is 11.4 Å². The van der Waals surface area contributed by atoms with Crippen molar-refractivity contribution in [3.8, 4) is 5.75 Å². The molecular weight excluding hydrogens is 385 g/mol. The number of amides is 1. The molecule has 0 bridgehead atoms. The van der Waals surface area contributed by atoms with E-state index in [2.05, 4.69) is 10.2 Å². The smallest absolute Gasteiger partial charge is 0.275 e. The molecule has 0 aliphatic heterocycles. The molecule has 3 aromatic rings. The van der Waals surface area contributed by atoms with Crippen LogP contribution in [0, 0.1) is 5.82 Å². The molecule has 0 fully saturated rings. The first-order valence-electron chi connectivity index (χ1n) is 9.87. The van der Waals surface area contributed by atoms with Crippen LogP contribution in [0.1, 0.15) is 47.3 Å². The monoisotopic (exact) mass is 409 g/mol. The maximum Gasteiger partial charge on any atom is 0.275 e. The summed E-state index contributed by atoms with van der Waals surface area (Å²) in [7, 11) is 0. The number of hydrogen-bond donors (Lipinski definition) is 2. The number of aromatic nitrogens is 2. The molecule has 2 N–H and O–H groups in total. The van der Waals surface area contributed by atoms with Crippen molar-refractivity contribution in [3.63, 3.8) is 0 Å². The number of aromatic amines is 1. The van der Waals surface area contributed by atoms with Gasteiger partial charge in [0.2, 0.25) is 5.43 Å². The Morgan fingerprint density at radius 1 is 1.10 bits per heavy atom. The summed E-state index contributed by atoms with van der Waals surface area (Å²) in [6.45, 7) is 2.79. The van der Waals surface area contributed by atoms with Crippen LogP contribution in [0.4, 0.5) is 4.39 Å². The van der Waals surface area contributed by atoms with Crippen molar-refractivity contribution in [1.82, 2.24) is 15.1 Å². The molecule has 0 radical (unpaired) electrons. The highest BCUT2D eigenvalue weighted by Crippen LogP contribution is 2.29. The van der Waals surface area contributed by atoms with E-state index in [0.717, 1.165) is 17.3 Å². The third-order valence-electron chi connectivity index (χ3n) is 4.98. The Morgan fingerprint density at radius 2 is 1.77 bits per heavy atom. The molecule has 0 aliphatic rings. The molecule has 1 aromatic heterocycles. The maximum atomic E-state index is 13.4. The fraction of sp³-hybridized carbons (Fsp3) is 0.261. The highest BCUT2D eigenvalue weighted by Gasteiger charge is 2.23. The molecule has 1 atom stereocenters. The Morgan fingerprint density at radius 3 is 2.43 bits per heavy atom. The van der Waals surface area contributed by atoms with E-state index < -0.39 is 17.1 Å². The van der Waals surface area contributed by atoms with Crippen molar-refractivity contribution in [2.45, 2.75) is 25.7 Å². The lowest BCUT2D eigenvalue weighted by Crippen LogP contribution is -2.35. The lowest BCUT2D eigenvalue weighted by Gasteiger charge is -2.26. The van der Waals surface area contributed by atoms with E-state index in [9.17, 15) is 19.1 Å². The van der Waals surface area contributed by atoms with Gasteiger partial charge in [-0.3, -0.25) is 14.7 Å². The number of nitrogens with one attached hydrogen (secondary N) is 1. The number of aromatic hydroxyl groups is 1. The summed E-state index contributed by atoms with van der Waals surface area (Å²) >= 11 is 0. The second-order valence-electron chi connectivity index (χ2n) is 7.05. The van der Waals surface area contributed by atoms with E-state index in [-0.39, 0.29) is 17.4 Å². The zero-order valence-electron chi connectivity index (χ0n) is 16.7. The van der Waals surface area contributed by atoms with Gasteiger partial charge in [0, 0.05) is 19.0 Å². The number of carbonyl (C=O) groups excluding carboxylic acids is 1. The third kappa shape index (κ3) is 4.92. The first-order chi connectivity index (χ1) is 14.5. The second-order valence-corrected chi connectivity index (χ2v) is 7.05. The molecule has 0 spiro atoms. The van der Waals surface area contributed by atoms with Gasteiger partial charge < -0.3 is 10.0 Å². The molecular formula is C23H24FN3O3. The van der Waals surface area contributed by atoms with Crippen LogP contribution in [0.3, 0.4) is 0 Å². The molecule has 1 heterocycles. The van der Waals surface area contributed by atoms with Gasteiger partial charge in [-0.05, 0) is 36.1 Å². The Bertz CT molecular complexity index is 1040. The summed E-state index contributed by atoms with van der Waals surface area (Å²) < 4.78 is 13.4. The van der Waals surface area contributed by atoms with Crippen LogP contribution in [0.15, 0.2) is 65.6 Å². The number of benzene rings is 2. The second kappa shape index (κ2) is 9.82. The van der Waals surface area contributed by atoms with Gasteiger partial charge in [0.05, 0.1) is 6.20 Å². The van der Waals surface area contributed by atoms with Crippen LogP contribution in [0.5, 0.6) is 5.75 Å². The predicted octanol–water partition coefficient (Wildman–Crippen LogP) is 3.69. The molecule has 1 amide bonds. The molecule has 7 heteroatoms. The van der Waals surface area contributed by atoms with Gasteiger partial charge >= 0.3 is 0 Å². The van der Waals surface area contributed by atoms with Crippen LogP contribution in [-0.2, 0) is 0 Å². The van der Waals surface area contributed by atoms with E-state index in [0.29, 0.717) is 25.9 Å². The van der Waals surface area contributed by atoms with E-state index in [4.69, 9.17) is 0 Å². The number of hydrogen-bond acceptors (Lipinski definition) is 4. The normalized spacial score (nSPS) is 11.8. The van der Waals surface area contributed by atoms with Crippen molar-refractivity contribution in [2.75, 3.05) is 13.1 Å². The number of carbonyl (C=O) groups is 1. The van der Waals surface area contributed by atoms with E-state index >= 15 is 0 Å². The number of halogens is 1. The standard InChI is InChI=1S/C23H24FN3O3/c1-2-13-27(23(30)21-22(29)20(28)15-25-26-21)14-12-19(16-6-4-3-5-7-16)17-8-10-18(24)11-9-17/h3-11,15,19H,2,12-14H2,1H3,(H,25,29)(H,26,28). The molecule has 0 aliphatic carbocycles. The first-order valence-corrected chi connectivity index (χ1v) is 9.87. The number of nitrogens with zero attached hydrogens (tertiary/aromatic N) is 2. The van der Waals surface area contributed by atoms with Crippen molar-refractivity contribution in [2.24, 2.45) is 0 Å². The van der Waals surface area contributed by atoms with Gasteiger partial charge in [-0.15, -0.1) is 0 Å². The van der Waals surface area contributed by atoms with Crippen molar-refractivity contribution < 1.29 is 14.3 Å². The van der Waals surface area contributed by atoms with Gasteiger partial charge in [0.1, 0.15) is 5.82 Å². The summed E-state index contributed by atoms with van der Waals surface area (Å²) in [4.78, 5) is 26.2. The molecule has 156 valence electrons.